The van der Waals surface area contributed by atoms with Crippen molar-refractivity contribution in [1.29, 1.82) is 0 Å². The maximum Gasteiger partial charge on any atom is 0.0746 e. The Morgan fingerprint density at radius 2 is 2.27 bits per heavy atom. The predicted molar refractivity (Wildman–Crippen MR) is 62.6 cm³/mol. The van der Waals surface area contributed by atoms with Crippen LogP contribution in [0.15, 0.2) is 18.5 Å². The summed E-state index contributed by atoms with van der Waals surface area (Å²) in [6.07, 6.45) is 4.70. The molecule has 1 heterocycles. The van der Waals surface area contributed by atoms with E-state index in [0.29, 0.717) is 12.5 Å². The second kappa shape index (κ2) is 5.33. The highest BCUT2D eigenvalue weighted by Crippen LogP contribution is 2.15. The van der Waals surface area contributed by atoms with E-state index < -0.39 is 5.60 Å². The van der Waals surface area contributed by atoms with Crippen molar-refractivity contribution in [3.63, 3.8) is 0 Å². The van der Waals surface area contributed by atoms with Gasteiger partial charge in [-0.15, -0.1) is 0 Å². The first kappa shape index (κ1) is 12.3. The van der Waals surface area contributed by atoms with Crippen LogP contribution in [-0.2, 0) is 6.54 Å². The lowest BCUT2D eigenvalue weighted by atomic mass is 9.94. The van der Waals surface area contributed by atoms with E-state index in [4.69, 9.17) is 0 Å². The molecule has 1 unspecified atom stereocenters. The first-order valence-corrected chi connectivity index (χ1v) is 5.54. The lowest BCUT2D eigenvalue weighted by Crippen LogP contribution is -2.38. The van der Waals surface area contributed by atoms with E-state index in [1.54, 1.807) is 0 Å². The first-order valence-electron chi connectivity index (χ1n) is 5.54. The Morgan fingerprint density at radius 1 is 1.53 bits per heavy atom. The Bertz CT molecular complexity index is 265. The third-order valence-electron chi connectivity index (χ3n) is 2.35. The van der Waals surface area contributed by atoms with Crippen LogP contribution >= 0.6 is 0 Å². The number of aromatic amines is 1. The van der Waals surface area contributed by atoms with Gasteiger partial charge in [0.15, 0.2) is 0 Å². The molecule has 1 aromatic heterocycles. The quantitative estimate of drug-likeness (QED) is 0.671. The molecule has 0 aromatic carbocycles. The molecule has 3 heteroatoms. The molecule has 15 heavy (non-hydrogen) atoms. The monoisotopic (exact) mass is 210 g/mol. The van der Waals surface area contributed by atoms with Crippen molar-refractivity contribution in [2.45, 2.75) is 39.3 Å². The molecule has 1 atom stereocenters. The maximum atomic E-state index is 10.0. The van der Waals surface area contributed by atoms with Gasteiger partial charge in [0.05, 0.1) is 5.60 Å². The van der Waals surface area contributed by atoms with Crippen LogP contribution in [-0.4, -0.2) is 22.2 Å². The van der Waals surface area contributed by atoms with Crippen LogP contribution in [0, 0.1) is 5.92 Å². The highest BCUT2D eigenvalue weighted by Gasteiger charge is 2.20. The molecule has 0 saturated heterocycles. The predicted octanol–water partition coefficient (Wildman–Crippen LogP) is 1.90. The van der Waals surface area contributed by atoms with Crippen molar-refractivity contribution in [2.24, 2.45) is 5.92 Å². The minimum Gasteiger partial charge on any atom is -0.389 e. The van der Waals surface area contributed by atoms with Gasteiger partial charge in [0.1, 0.15) is 0 Å². The summed E-state index contributed by atoms with van der Waals surface area (Å²) in [4.78, 5) is 3.01. The normalized spacial score (nSPS) is 15.5. The average molecular weight is 210 g/mol. The van der Waals surface area contributed by atoms with Crippen molar-refractivity contribution in [3.8, 4) is 0 Å². The molecular weight excluding hydrogens is 188 g/mol. The number of hydrogen-bond donors (Lipinski definition) is 3. The Labute approximate surface area is 91.9 Å². The topological polar surface area (TPSA) is 48.0 Å². The van der Waals surface area contributed by atoms with Gasteiger partial charge in [0, 0.05) is 25.5 Å². The van der Waals surface area contributed by atoms with Gasteiger partial charge in [-0.1, -0.05) is 13.8 Å². The lowest BCUT2D eigenvalue weighted by Gasteiger charge is -2.25. The van der Waals surface area contributed by atoms with E-state index in [1.165, 1.54) is 5.56 Å². The van der Waals surface area contributed by atoms with Gasteiger partial charge in [-0.2, -0.15) is 0 Å². The highest BCUT2D eigenvalue weighted by molar-refractivity contribution is 5.07. The number of aromatic nitrogens is 1. The molecule has 0 aliphatic rings. The van der Waals surface area contributed by atoms with Crippen molar-refractivity contribution in [3.05, 3.63) is 24.0 Å². The van der Waals surface area contributed by atoms with Crippen LogP contribution in [0.5, 0.6) is 0 Å². The Hall–Kier alpha value is -0.800. The van der Waals surface area contributed by atoms with Crippen molar-refractivity contribution < 1.29 is 5.11 Å². The van der Waals surface area contributed by atoms with Gasteiger partial charge in [-0.25, -0.2) is 0 Å². The molecule has 1 rings (SSSR count). The zero-order valence-electron chi connectivity index (χ0n) is 9.88. The smallest absolute Gasteiger partial charge is 0.0746 e. The van der Waals surface area contributed by atoms with Crippen LogP contribution in [0.1, 0.15) is 32.8 Å². The van der Waals surface area contributed by atoms with E-state index in [1.807, 2.05) is 25.4 Å². The minimum atomic E-state index is -0.607. The summed E-state index contributed by atoms with van der Waals surface area (Å²) in [6.45, 7) is 7.58. The van der Waals surface area contributed by atoms with E-state index in [2.05, 4.69) is 24.1 Å². The minimum absolute atomic E-state index is 0.522. The largest absolute Gasteiger partial charge is 0.389 e. The molecule has 0 saturated carbocycles. The Morgan fingerprint density at radius 3 is 2.80 bits per heavy atom. The summed E-state index contributed by atoms with van der Waals surface area (Å²) in [5.41, 5.74) is 0.611. The van der Waals surface area contributed by atoms with Gasteiger partial charge in [-0.05, 0) is 30.9 Å². The third-order valence-corrected chi connectivity index (χ3v) is 2.35. The van der Waals surface area contributed by atoms with Crippen LogP contribution in [0.3, 0.4) is 0 Å². The summed E-state index contributed by atoms with van der Waals surface area (Å²) in [6, 6.07) is 2.03. The molecule has 3 N–H and O–H groups in total. The maximum absolute atomic E-state index is 10.0. The molecule has 1 aromatic rings. The molecule has 0 radical (unpaired) electrons. The number of nitrogens with one attached hydrogen (secondary N) is 2. The van der Waals surface area contributed by atoms with E-state index >= 15 is 0 Å². The first-order chi connectivity index (χ1) is 6.99. The zero-order chi connectivity index (χ0) is 11.3. The second-order valence-corrected chi connectivity index (χ2v) is 4.92. The molecule has 0 aliphatic carbocycles. The molecule has 0 amide bonds. The fraction of sp³-hybridized carbons (Fsp3) is 0.667. The van der Waals surface area contributed by atoms with Crippen molar-refractivity contribution in [2.75, 3.05) is 6.54 Å². The van der Waals surface area contributed by atoms with E-state index in [-0.39, 0.29) is 0 Å². The van der Waals surface area contributed by atoms with Gasteiger partial charge >= 0.3 is 0 Å². The lowest BCUT2D eigenvalue weighted by molar-refractivity contribution is 0.0383. The number of H-pyrrole nitrogens is 1. The summed E-state index contributed by atoms with van der Waals surface area (Å²) in [5, 5.41) is 13.3. The van der Waals surface area contributed by atoms with Gasteiger partial charge < -0.3 is 15.4 Å². The summed E-state index contributed by atoms with van der Waals surface area (Å²) >= 11 is 0. The fourth-order valence-corrected chi connectivity index (χ4v) is 1.90. The molecule has 3 nitrogen and oxygen atoms in total. The van der Waals surface area contributed by atoms with Crippen LogP contribution < -0.4 is 5.32 Å². The molecule has 0 bridgehead atoms. The second-order valence-electron chi connectivity index (χ2n) is 4.92. The fourth-order valence-electron chi connectivity index (χ4n) is 1.90. The summed E-state index contributed by atoms with van der Waals surface area (Å²) < 4.78 is 0. The summed E-state index contributed by atoms with van der Waals surface area (Å²) in [7, 11) is 0. The van der Waals surface area contributed by atoms with Gasteiger partial charge in [0.25, 0.3) is 0 Å². The standard InChI is InChI=1S/C12H22N2O/c1-10(2)6-12(3,15)9-14-8-11-4-5-13-7-11/h4-5,7,10,13-15H,6,8-9H2,1-3H3. The molecular formula is C12H22N2O. The summed E-state index contributed by atoms with van der Waals surface area (Å²) in [5.74, 6) is 0.522. The average Bonchev–Trinajstić information content (AvgIpc) is 2.53. The van der Waals surface area contributed by atoms with E-state index in [9.17, 15) is 5.11 Å². The SMILES string of the molecule is CC(C)CC(C)(O)CNCc1cc[nH]c1. The Balaban J connectivity index is 2.24. The van der Waals surface area contributed by atoms with Crippen LogP contribution in [0.4, 0.5) is 0 Å². The number of rotatable bonds is 6. The van der Waals surface area contributed by atoms with Gasteiger partial charge in [-0.3, -0.25) is 0 Å². The molecule has 86 valence electrons. The van der Waals surface area contributed by atoms with Crippen LogP contribution in [0.2, 0.25) is 0 Å². The van der Waals surface area contributed by atoms with Crippen LogP contribution in [0.25, 0.3) is 0 Å². The zero-order valence-corrected chi connectivity index (χ0v) is 9.88. The molecule has 0 fully saturated rings. The van der Waals surface area contributed by atoms with Gasteiger partial charge in [0.2, 0.25) is 0 Å². The molecule has 0 aliphatic heterocycles. The Kier molecular flexibility index (Phi) is 4.36. The number of hydrogen-bond acceptors (Lipinski definition) is 2. The third kappa shape index (κ3) is 5.00. The van der Waals surface area contributed by atoms with E-state index in [0.717, 1.165) is 13.0 Å². The molecule has 0 spiro atoms. The highest BCUT2D eigenvalue weighted by atomic mass is 16.3. The number of aliphatic hydroxyl groups is 1. The van der Waals surface area contributed by atoms with Crippen molar-refractivity contribution in [1.82, 2.24) is 10.3 Å². The van der Waals surface area contributed by atoms with Crippen molar-refractivity contribution >= 4 is 0 Å².